The number of nitrogens with zero attached hydrogens (tertiary/aromatic N) is 4. The summed E-state index contributed by atoms with van der Waals surface area (Å²) in [5.41, 5.74) is 2.51. The van der Waals surface area contributed by atoms with Crippen LogP contribution in [0.15, 0.2) is 35.1 Å². The lowest BCUT2D eigenvalue weighted by Gasteiger charge is -2.12. The van der Waals surface area contributed by atoms with Gasteiger partial charge in [-0.05, 0) is 37.1 Å². The van der Waals surface area contributed by atoms with Gasteiger partial charge in [-0.3, -0.25) is 4.57 Å². The molecule has 1 atom stereocenters. The van der Waals surface area contributed by atoms with Crippen LogP contribution in [0.25, 0.3) is 11.2 Å². The molecule has 0 spiro atoms. The van der Waals surface area contributed by atoms with Crippen molar-refractivity contribution in [1.82, 2.24) is 19.5 Å². The number of nitrogens with one attached hydrogen (secondary N) is 1. The predicted molar refractivity (Wildman–Crippen MR) is 99.7 cm³/mol. The smallest absolute Gasteiger partial charge is 0.194 e. The fourth-order valence-electron chi connectivity index (χ4n) is 2.64. The molecule has 0 saturated carbocycles. The molecule has 3 aromatic rings. The maximum Gasteiger partial charge on any atom is 0.194 e. The number of hydrogen-bond acceptors (Lipinski definition) is 5. The number of fused-ring (bicyclic) bond motifs is 1. The van der Waals surface area contributed by atoms with Crippen LogP contribution < -0.4 is 5.32 Å². The van der Waals surface area contributed by atoms with Gasteiger partial charge in [0.1, 0.15) is 6.23 Å². The molecule has 1 saturated heterocycles. The van der Waals surface area contributed by atoms with E-state index in [1.807, 2.05) is 28.8 Å². The number of benzene rings is 1. The minimum absolute atomic E-state index is 0.0197. The summed E-state index contributed by atoms with van der Waals surface area (Å²) in [6, 6.07) is 7.94. The Balaban J connectivity index is 1.75. The third kappa shape index (κ3) is 3.07. The highest BCUT2D eigenvalue weighted by Gasteiger charge is 2.22. The molecule has 0 amide bonds. The predicted octanol–water partition coefficient (Wildman–Crippen LogP) is 4.25. The van der Waals surface area contributed by atoms with Gasteiger partial charge in [-0.25, -0.2) is 15.0 Å². The molecule has 118 valence electrons. The van der Waals surface area contributed by atoms with Crippen molar-refractivity contribution in [3.8, 4) is 0 Å². The maximum atomic E-state index is 5.75. The van der Waals surface area contributed by atoms with E-state index in [-0.39, 0.29) is 6.23 Å². The molecule has 0 aliphatic carbocycles. The van der Waals surface area contributed by atoms with E-state index in [4.69, 9.17) is 4.74 Å². The topological polar surface area (TPSA) is 64.9 Å². The van der Waals surface area contributed by atoms with Crippen LogP contribution in [0.5, 0.6) is 0 Å². The van der Waals surface area contributed by atoms with Crippen LogP contribution in [0, 0.1) is 3.83 Å². The quantitative estimate of drug-likeness (QED) is 0.444. The number of ether oxygens (including phenoxy) is 1. The Labute approximate surface area is 154 Å². The fraction of sp³-hybridized carbons (Fsp3) is 0.267. The number of rotatable bonds is 3. The second kappa shape index (κ2) is 6.33. The minimum Gasteiger partial charge on any atom is -0.358 e. The van der Waals surface area contributed by atoms with Gasteiger partial charge >= 0.3 is 0 Å². The van der Waals surface area contributed by atoms with E-state index in [2.05, 4.69) is 58.8 Å². The molecule has 0 radical (unpaired) electrons. The van der Waals surface area contributed by atoms with Crippen LogP contribution >= 0.6 is 38.5 Å². The summed E-state index contributed by atoms with van der Waals surface area (Å²) in [4.78, 5) is 13.5. The van der Waals surface area contributed by atoms with Gasteiger partial charge in [0.05, 0.1) is 6.33 Å². The van der Waals surface area contributed by atoms with Crippen LogP contribution in [0.3, 0.4) is 0 Å². The van der Waals surface area contributed by atoms with Crippen LogP contribution in [0.4, 0.5) is 11.5 Å². The lowest BCUT2D eigenvalue weighted by atomic mass is 10.3. The summed E-state index contributed by atoms with van der Waals surface area (Å²) in [5, 5.41) is 3.33. The summed E-state index contributed by atoms with van der Waals surface area (Å²) in [7, 11) is 0. The second-order valence-electron chi connectivity index (χ2n) is 5.26. The lowest BCUT2D eigenvalue weighted by molar-refractivity contribution is 0.0592. The SMILES string of the molecule is Brc1ccc(Nc2nc(I)nc3c2ncn3C2CCCO2)cc1. The number of halogens is 2. The Morgan fingerprint density at radius 3 is 2.83 bits per heavy atom. The van der Waals surface area contributed by atoms with E-state index in [0.29, 0.717) is 9.65 Å². The Bertz CT molecular complexity index is 845. The molecule has 2 aromatic heterocycles. The van der Waals surface area contributed by atoms with E-state index in [9.17, 15) is 0 Å². The first-order valence-corrected chi connectivity index (χ1v) is 9.12. The number of imidazole rings is 1. The van der Waals surface area contributed by atoms with Crippen LogP contribution in [-0.2, 0) is 4.74 Å². The third-order valence-electron chi connectivity index (χ3n) is 3.72. The molecule has 4 rings (SSSR count). The average molecular weight is 486 g/mol. The van der Waals surface area contributed by atoms with Crippen molar-refractivity contribution < 1.29 is 4.74 Å². The molecular weight excluding hydrogens is 473 g/mol. The molecular formula is C15H13BrIN5O. The Kier molecular flexibility index (Phi) is 4.20. The summed E-state index contributed by atoms with van der Waals surface area (Å²) < 4.78 is 9.46. The minimum atomic E-state index is 0.0197. The zero-order valence-corrected chi connectivity index (χ0v) is 15.8. The van der Waals surface area contributed by atoms with E-state index in [1.54, 1.807) is 6.33 Å². The van der Waals surface area contributed by atoms with E-state index in [1.165, 1.54) is 0 Å². The van der Waals surface area contributed by atoms with Crippen LogP contribution in [-0.4, -0.2) is 26.1 Å². The molecule has 1 N–H and O–H groups in total. The highest BCUT2D eigenvalue weighted by molar-refractivity contribution is 14.1. The summed E-state index contributed by atoms with van der Waals surface area (Å²) in [6.07, 6.45) is 3.86. The summed E-state index contributed by atoms with van der Waals surface area (Å²) in [5.74, 6) is 0.707. The molecule has 6 nitrogen and oxygen atoms in total. The number of anilines is 2. The molecule has 8 heteroatoms. The van der Waals surface area contributed by atoms with Gasteiger partial charge in [-0.2, -0.15) is 0 Å². The van der Waals surface area contributed by atoms with Gasteiger partial charge in [0.15, 0.2) is 20.8 Å². The largest absolute Gasteiger partial charge is 0.358 e. The zero-order valence-electron chi connectivity index (χ0n) is 12.0. The molecule has 1 unspecified atom stereocenters. The molecule has 0 bridgehead atoms. The van der Waals surface area contributed by atoms with Crippen LogP contribution in [0.2, 0.25) is 0 Å². The van der Waals surface area contributed by atoms with E-state index in [0.717, 1.165) is 40.8 Å². The van der Waals surface area contributed by atoms with Crippen molar-refractivity contribution in [1.29, 1.82) is 0 Å². The zero-order chi connectivity index (χ0) is 15.8. The standard InChI is InChI=1S/C15H13BrIN5O/c16-9-3-5-10(6-4-9)19-13-12-14(21-15(17)20-13)22(8-18-12)11-2-1-7-23-11/h3-6,8,11H,1-2,7H2,(H,19,20,21). The molecule has 1 fully saturated rings. The van der Waals surface area contributed by atoms with Crippen molar-refractivity contribution in [3.63, 3.8) is 0 Å². The average Bonchev–Trinajstić information content (AvgIpc) is 3.18. The van der Waals surface area contributed by atoms with Crippen molar-refractivity contribution in [2.75, 3.05) is 11.9 Å². The van der Waals surface area contributed by atoms with E-state index >= 15 is 0 Å². The van der Waals surface area contributed by atoms with E-state index < -0.39 is 0 Å². The normalized spacial score (nSPS) is 17.7. The summed E-state index contributed by atoms with van der Waals surface area (Å²) >= 11 is 5.57. The lowest BCUT2D eigenvalue weighted by Crippen LogP contribution is -2.07. The Hall–Kier alpha value is -1.26. The van der Waals surface area contributed by atoms with Gasteiger partial charge < -0.3 is 10.1 Å². The second-order valence-corrected chi connectivity index (χ2v) is 7.15. The monoisotopic (exact) mass is 485 g/mol. The van der Waals surface area contributed by atoms with Gasteiger partial charge in [0.25, 0.3) is 0 Å². The molecule has 23 heavy (non-hydrogen) atoms. The van der Waals surface area contributed by atoms with Gasteiger partial charge in [0, 0.05) is 39.4 Å². The first-order chi connectivity index (χ1) is 11.2. The van der Waals surface area contributed by atoms with Crippen molar-refractivity contribution >= 4 is 61.2 Å². The molecule has 1 aliphatic heterocycles. The molecule has 3 heterocycles. The summed E-state index contributed by atoms with van der Waals surface area (Å²) in [6.45, 7) is 0.788. The highest BCUT2D eigenvalue weighted by atomic mass is 127. The van der Waals surface area contributed by atoms with Gasteiger partial charge in [-0.1, -0.05) is 15.9 Å². The first-order valence-electron chi connectivity index (χ1n) is 7.25. The van der Waals surface area contributed by atoms with Crippen molar-refractivity contribution in [3.05, 3.63) is 38.9 Å². The first kappa shape index (κ1) is 15.3. The number of aromatic nitrogens is 4. The molecule has 1 aromatic carbocycles. The third-order valence-corrected chi connectivity index (χ3v) is 4.73. The fourth-order valence-corrected chi connectivity index (χ4v) is 3.37. The maximum absolute atomic E-state index is 5.75. The van der Waals surface area contributed by atoms with Gasteiger partial charge in [0.2, 0.25) is 0 Å². The van der Waals surface area contributed by atoms with Crippen LogP contribution in [0.1, 0.15) is 19.1 Å². The van der Waals surface area contributed by atoms with Crippen molar-refractivity contribution in [2.45, 2.75) is 19.1 Å². The highest BCUT2D eigenvalue weighted by Crippen LogP contribution is 2.29. The van der Waals surface area contributed by atoms with Crippen molar-refractivity contribution in [2.24, 2.45) is 0 Å². The Morgan fingerprint density at radius 2 is 2.09 bits per heavy atom. The van der Waals surface area contributed by atoms with Gasteiger partial charge in [-0.15, -0.1) is 0 Å². The number of hydrogen-bond donors (Lipinski definition) is 1. The molecule has 1 aliphatic rings. The Morgan fingerprint density at radius 1 is 1.26 bits per heavy atom.